The van der Waals surface area contributed by atoms with Crippen molar-refractivity contribution in [3.63, 3.8) is 0 Å². The zero-order chi connectivity index (χ0) is 22.5. The second-order valence-corrected chi connectivity index (χ2v) is 8.13. The Morgan fingerprint density at radius 1 is 0.848 bits per heavy atom. The molecular formula is C26H19N3O3S. The van der Waals surface area contributed by atoms with Gasteiger partial charge in [-0.25, -0.2) is 9.97 Å². The molecule has 0 radical (unpaired) electrons. The van der Waals surface area contributed by atoms with Crippen LogP contribution in [0.4, 0.5) is 5.69 Å². The van der Waals surface area contributed by atoms with E-state index in [2.05, 4.69) is 15.3 Å². The fraction of sp³-hybridized carbons (Fsp3) is 0.0385. The molecule has 33 heavy (non-hydrogen) atoms. The van der Waals surface area contributed by atoms with Crippen molar-refractivity contribution in [1.82, 2.24) is 9.97 Å². The van der Waals surface area contributed by atoms with E-state index in [4.69, 9.17) is 9.47 Å². The summed E-state index contributed by atoms with van der Waals surface area (Å²) < 4.78 is 11.4. The predicted octanol–water partition coefficient (Wildman–Crippen LogP) is 6.17. The molecule has 0 saturated carbocycles. The largest absolute Gasteiger partial charge is 0.484 e. The van der Waals surface area contributed by atoms with Crippen molar-refractivity contribution in [2.24, 2.45) is 0 Å². The number of fused-ring (bicyclic) bond motifs is 1. The summed E-state index contributed by atoms with van der Waals surface area (Å²) in [6.45, 7) is -0.103. The van der Waals surface area contributed by atoms with Gasteiger partial charge < -0.3 is 14.8 Å². The predicted molar refractivity (Wildman–Crippen MR) is 130 cm³/mol. The van der Waals surface area contributed by atoms with Crippen LogP contribution in [0.2, 0.25) is 0 Å². The van der Waals surface area contributed by atoms with E-state index in [9.17, 15) is 4.79 Å². The van der Waals surface area contributed by atoms with Crippen LogP contribution in [0.15, 0.2) is 97.2 Å². The molecule has 2 aromatic heterocycles. The number of rotatable bonds is 7. The van der Waals surface area contributed by atoms with E-state index in [0.29, 0.717) is 17.2 Å². The molecule has 7 heteroatoms. The number of aromatic nitrogens is 2. The third-order valence-electron chi connectivity index (χ3n) is 4.73. The summed E-state index contributed by atoms with van der Waals surface area (Å²) in [7, 11) is 0. The lowest BCUT2D eigenvalue weighted by Crippen LogP contribution is -2.20. The molecule has 3 aromatic carbocycles. The summed E-state index contributed by atoms with van der Waals surface area (Å²) in [6, 6.07) is 28.1. The fourth-order valence-corrected chi connectivity index (χ4v) is 4.10. The molecule has 0 aliphatic heterocycles. The molecule has 2 heterocycles. The first-order chi connectivity index (χ1) is 16.2. The molecule has 0 atom stereocenters. The molecular weight excluding hydrogens is 434 g/mol. The molecule has 0 spiro atoms. The number of thiazole rings is 1. The Morgan fingerprint density at radius 2 is 1.64 bits per heavy atom. The van der Waals surface area contributed by atoms with Crippen LogP contribution in [0.3, 0.4) is 0 Å². The second-order valence-electron chi connectivity index (χ2n) is 7.15. The Balaban J connectivity index is 1.18. The van der Waals surface area contributed by atoms with E-state index < -0.39 is 0 Å². The van der Waals surface area contributed by atoms with Crippen molar-refractivity contribution in [3.8, 4) is 27.8 Å². The number of nitrogens with zero attached hydrogens (tertiary/aromatic N) is 2. The molecule has 5 aromatic rings. The lowest BCUT2D eigenvalue weighted by Gasteiger charge is -2.09. The number of benzene rings is 3. The second kappa shape index (κ2) is 9.50. The lowest BCUT2D eigenvalue weighted by atomic mass is 10.2. The van der Waals surface area contributed by atoms with Gasteiger partial charge in [0.2, 0.25) is 0 Å². The monoisotopic (exact) mass is 453 g/mol. The summed E-state index contributed by atoms with van der Waals surface area (Å²) in [5, 5.41) is 3.73. The number of carbonyl (C=O) groups excluding carboxylic acids is 1. The molecule has 6 nitrogen and oxygen atoms in total. The smallest absolute Gasteiger partial charge is 0.262 e. The van der Waals surface area contributed by atoms with Crippen molar-refractivity contribution in [2.75, 3.05) is 11.9 Å². The van der Waals surface area contributed by atoms with Gasteiger partial charge in [0.05, 0.1) is 0 Å². The van der Waals surface area contributed by atoms with Gasteiger partial charge in [0.25, 0.3) is 5.91 Å². The Labute approximate surface area is 194 Å². The van der Waals surface area contributed by atoms with Crippen molar-refractivity contribution in [2.45, 2.75) is 0 Å². The van der Waals surface area contributed by atoms with E-state index >= 15 is 0 Å². The van der Waals surface area contributed by atoms with Crippen LogP contribution in [0.5, 0.6) is 17.2 Å². The molecule has 162 valence electrons. The third-order valence-corrected chi connectivity index (χ3v) is 5.76. The van der Waals surface area contributed by atoms with E-state index in [-0.39, 0.29) is 12.5 Å². The van der Waals surface area contributed by atoms with Crippen LogP contribution in [0.25, 0.3) is 20.9 Å². The van der Waals surface area contributed by atoms with Gasteiger partial charge in [-0.05, 0) is 60.7 Å². The maximum absolute atomic E-state index is 12.4. The number of hydrogen-bond donors (Lipinski definition) is 1. The fourth-order valence-electron chi connectivity index (χ4n) is 3.20. The number of anilines is 1. The first kappa shape index (κ1) is 20.7. The van der Waals surface area contributed by atoms with Crippen molar-refractivity contribution in [1.29, 1.82) is 0 Å². The summed E-state index contributed by atoms with van der Waals surface area (Å²) in [6.07, 6.45) is 1.75. The Bertz CT molecular complexity index is 1350. The lowest BCUT2D eigenvalue weighted by molar-refractivity contribution is -0.118. The van der Waals surface area contributed by atoms with Crippen molar-refractivity contribution < 1.29 is 14.3 Å². The highest BCUT2D eigenvalue weighted by Crippen LogP contribution is 2.30. The number of nitrogens with one attached hydrogen (secondary N) is 1. The highest BCUT2D eigenvalue weighted by molar-refractivity contribution is 7.21. The summed E-state index contributed by atoms with van der Waals surface area (Å²) in [5.41, 5.74) is 2.46. The van der Waals surface area contributed by atoms with Gasteiger partial charge in [-0.2, -0.15) is 0 Å². The molecule has 0 fully saturated rings. The minimum absolute atomic E-state index is 0.103. The van der Waals surface area contributed by atoms with Crippen LogP contribution < -0.4 is 14.8 Å². The topological polar surface area (TPSA) is 73.3 Å². The minimum Gasteiger partial charge on any atom is -0.484 e. The van der Waals surface area contributed by atoms with Crippen LogP contribution in [-0.2, 0) is 4.79 Å². The van der Waals surface area contributed by atoms with Gasteiger partial charge >= 0.3 is 0 Å². The van der Waals surface area contributed by atoms with E-state index in [1.54, 1.807) is 30.5 Å². The molecule has 1 N–H and O–H groups in total. The average Bonchev–Trinajstić information content (AvgIpc) is 3.29. The molecule has 5 rings (SSSR count). The SMILES string of the molecule is O=C(COc1ccc(Oc2ccccc2)cc1)Nc1cccc(-c2nc3cccnc3s2)c1. The maximum atomic E-state index is 12.4. The molecule has 0 unspecified atom stereocenters. The average molecular weight is 454 g/mol. The number of hydrogen-bond acceptors (Lipinski definition) is 6. The van der Waals surface area contributed by atoms with E-state index in [1.165, 1.54) is 11.3 Å². The number of para-hydroxylation sites is 1. The third kappa shape index (κ3) is 5.16. The first-order valence-electron chi connectivity index (χ1n) is 10.3. The van der Waals surface area contributed by atoms with Crippen LogP contribution in [0, 0.1) is 0 Å². The Hall–Kier alpha value is -4.23. The highest BCUT2D eigenvalue weighted by Gasteiger charge is 2.09. The summed E-state index contributed by atoms with van der Waals surface area (Å²) in [4.78, 5) is 22.2. The van der Waals surface area contributed by atoms with Crippen LogP contribution >= 0.6 is 11.3 Å². The Morgan fingerprint density at radius 3 is 2.45 bits per heavy atom. The molecule has 0 aliphatic rings. The summed E-state index contributed by atoms with van der Waals surface area (Å²) >= 11 is 1.52. The minimum atomic E-state index is -0.247. The summed E-state index contributed by atoms with van der Waals surface area (Å²) in [5.74, 6) is 1.79. The maximum Gasteiger partial charge on any atom is 0.262 e. The molecule has 0 saturated heterocycles. The standard InChI is InChI=1S/C26H19N3O3S/c30-24(17-31-20-11-13-22(14-12-20)32-21-8-2-1-3-9-21)28-19-7-4-6-18(16-19)25-29-23-10-5-15-27-26(23)33-25/h1-16H,17H2,(H,28,30). The Kier molecular flexibility index (Phi) is 5.95. The van der Waals surface area contributed by atoms with Crippen LogP contribution in [-0.4, -0.2) is 22.5 Å². The molecule has 0 aliphatic carbocycles. The van der Waals surface area contributed by atoms with Crippen LogP contribution in [0.1, 0.15) is 0 Å². The highest BCUT2D eigenvalue weighted by atomic mass is 32.1. The van der Waals surface area contributed by atoms with Gasteiger partial charge in [0, 0.05) is 17.4 Å². The molecule has 1 amide bonds. The number of ether oxygens (including phenoxy) is 2. The van der Waals surface area contributed by atoms with Gasteiger partial charge in [-0.1, -0.05) is 41.7 Å². The van der Waals surface area contributed by atoms with Crippen molar-refractivity contribution in [3.05, 3.63) is 97.2 Å². The van der Waals surface area contributed by atoms with Gasteiger partial charge in [0.15, 0.2) is 6.61 Å². The van der Waals surface area contributed by atoms with Crippen molar-refractivity contribution >= 4 is 33.3 Å². The first-order valence-corrected chi connectivity index (χ1v) is 11.1. The zero-order valence-electron chi connectivity index (χ0n) is 17.5. The number of carbonyl (C=O) groups is 1. The number of amides is 1. The van der Waals surface area contributed by atoms with E-state index in [1.807, 2.05) is 66.7 Å². The van der Waals surface area contributed by atoms with Gasteiger partial charge in [-0.15, -0.1) is 0 Å². The van der Waals surface area contributed by atoms with Gasteiger partial charge in [0.1, 0.15) is 32.6 Å². The van der Waals surface area contributed by atoms with Gasteiger partial charge in [-0.3, -0.25) is 4.79 Å². The van der Waals surface area contributed by atoms with E-state index in [0.717, 1.165) is 26.7 Å². The molecule has 0 bridgehead atoms. The quantitative estimate of drug-likeness (QED) is 0.319. The number of pyridine rings is 1. The zero-order valence-corrected chi connectivity index (χ0v) is 18.3. The normalized spacial score (nSPS) is 10.7.